The molecule has 0 bridgehead atoms. The van der Waals surface area contributed by atoms with Crippen LogP contribution in [0.5, 0.6) is 0 Å². The summed E-state index contributed by atoms with van der Waals surface area (Å²) in [5.41, 5.74) is 0.957. The second-order valence-corrected chi connectivity index (χ2v) is 6.04. The third kappa shape index (κ3) is 3.02. The van der Waals surface area contributed by atoms with Gasteiger partial charge < -0.3 is 14.7 Å². The fourth-order valence-electron chi connectivity index (χ4n) is 2.53. The van der Waals surface area contributed by atoms with Crippen LogP contribution in [0.3, 0.4) is 0 Å². The van der Waals surface area contributed by atoms with Crippen molar-refractivity contribution in [3.63, 3.8) is 0 Å². The molecule has 5 heteroatoms. The molecule has 1 fully saturated rings. The van der Waals surface area contributed by atoms with E-state index in [1.165, 1.54) is 12.8 Å². The topological polar surface area (TPSA) is 45.6 Å². The highest BCUT2D eigenvalue weighted by molar-refractivity contribution is 7.15. The Labute approximate surface area is 113 Å². The molecule has 0 radical (unpaired) electrons. The zero-order valence-electron chi connectivity index (χ0n) is 11.3. The van der Waals surface area contributed by atoms with Crippen LogP contribution in [0.1, 0.15) is 36.4 Å². The van der Waals surface area contributed by atoms with Crippen LogP contribution in [0.2, 0.25) is 0 Å². The summed E-state index contributed by atoms with van der Waals surface area (Å²) in [4.78, 5) is 7.91. The van der Waals surface area contributed by atoms with Crippen LogP contribution in [0, 0.1) is 12.8 Å². The summed E-state index contributed by atoms with van der Waals surface area (Å²) in [5, 5.41) is 10.7. The van der Waals surface area contributed by atoms with Gasteiger partial charge in [0.2, 0.25) is 0 Å². The molecule has 1 saturated heterocycles. The van der Waals surface area contributed by atoms with Gasteiger partial charge in [-0.2, -0.15) is 0 Å². The third-order valence-corrected chi connectivity index (χ3v) is 4.78. The van der Waals surface area contributed by atoms with Gasteiger partial charge in [-0.3, -0.25) is 0 Å². The predicted molar refractivity (Wildman–Crippen MR) is 74.3 cm³/mol. The average Bonchev–Trinajstić information content (AvgIpc) is 2.72. The lowest BCUT2D eigenvalue weighted by Crippen LogP contribution is -2.37. The minimum Gasteiger partial charge on any atom is -0.388 e. The Kier molecular flexibility index (Phi) is 4.59. The van der Waals surface area contributed by atoms with Gasteiger partial charge in [-0.25, -0.2) is 4.98 Å². The van der Waals surface area contributed by atoms with Crippen molar-refractivity contribution in [1.29, 1.82) is 0 Å². The van der Waals surface area contributed by atoms with Crippen molar-refractivity contribution >= 4 is 16.5 Å². The van der Waals surface area contributed by atoms with Gasteiger partial charge >= 0.3 is 0 Å². The van der Waals surface area contributed by atoms with Gasteiger partial charge in [0.1, 0.15) is 0 Å². The Morgan fingerprint density at radius 2 is 2.39 bits per heavy atom. The number of nitrogens with zero attached hydrogens (tertiary/aromatic N) is 2. The first kappa shape index (κ1) is 13.8. The summed E-state index contributed by atoms with van der Waals surface area (Å²) >= 11 is 1.62. The minimum atomic E-state index is -0.421. The first-order chi connectivity index (χ1) is 8.61. The van der Waals surface area contributed by atoms with Crippen LogP contribution in [0.15, 0.2) is 0 Å². The van der Waals surface area contributed by atoms with Crippen LogP contribution in [-0.2, 0) is 4.74 Å². The van der Waals surface area contributed by atoms with E-state index < -0.39 is 6.10 Å². The normalized spacial score (nSPS) is 22.2. The van der Waals surface area contributed by atoms with Crippen LogP contribution < -0.4 is 4.90 Å². The Morgan fingerprint density at radius 1 is 1.61 bits per heavy atom. The number of aryl methyl sites for hydroxylation is 1. The molecule has 1 N–H and O–H groups in total. The molecule has 4 nitrogen and oxygen atoms in total. The van der Waals surface area contributed by atoms with Crippen LogP contribution >= 0.6 is 11.3 Å². The number of hydrogen-bond donors (Lipinski definition) is 1. The Hall–Kier alpha value is -0.650. The maximum Gasteiger partial charge on any atom is 0.185 e. The number of hydrogen-bond acceptors (Lipinski definition) is 5. The van der Waals surface area contributed by atoms with Gasteiger partial charge in [-0.15, -0.1) is 0 Å². The maximum absolute atomic E-state index is 9.68. The largest absolute Gasteiger partial charge is 0.388 e. The van der Waals surface area contributed by atoms with Gasteiger partial charge in [-0.1, -0.05) is 11.3 Å². The number of methoxy groups -OCH3 is 1. The summed E-state index contributed by atoms with van der Waals surface area (Å²) < 4.78 is 5.25. The fourth-order valence-corrected chi connectivity index (χ4v) is 3.57. The SMILES string of the molecule is COCC1CCCN(c2nc(C)c(C(C)O)s2)C1. The summed E-state index contributed by atoms with van der Waals surface area (Å²) in [5.74, 6) is 0.600. The van der Waals surface area contributed by atoms with E-state index in [0.29, 0.717) is 5.92 Å². The second kappa shape index (κ2) is 5.99. The van der Waals surface area contributed by atoms with Crippen molar-refractivity contribution in [2.75, 3.05) is 31.7 Å². The standard InChI is InChI=1S/C13H22N2O2S/c1-9-12(10(2)16)18-13(14-9)15-6-4-5-11(7-15)8-17-3/h10-11,16H,4-8H2,1-3H3. The Morgan fingerprint density at radius 3 is 3.00 bits per heavy atom. The van der Waals surface area contributed by atoms with Crippen molar-refractivity contribution < 1.29 is 9.84 Å². The zero-order chi connectivity index (χ0) is 13.1. The molecule has 0 saturated carbocycles. The van der Waals surface area contributed by atoms with Crippen molar-refractivity contribution in [3.8, 4) is 0 Å². The van der Waals surface area contributed by atoms with E-state index in [-0.39, 0.29) is 0 Å². The van der Waals surface area contributed by atoms with E-state index >= 15 is 0 Å². The van der Waals surface area contributed by atoms with Crippen LogP contribution in [-0.4, -0.2) is 36.9 Å². The first-order valence-corrected chi connectivity index (χ1v) is 7.32. The molecule has 0 amide bonds. The van der Waals surface area contributed by atoms with Gasteiger partial charge in [0, 0.05) is 20.2 Å². The predicted octanol–water partition coefficient (Wildman–Crippen LogP) is 2.37. The highest BCUT2D eigenvalue weighted by Crippen LogP contribution is 2.32. The molecule has 2 heterocycles. The van der Waals surface area contributed by atoms with E-state index in [1.54, 1.807) is 25.4 Å². The number of ether oxygens (including phenoxy) is 1. The average molecular weight is 270 g/mol. The van der Waals surface area contributed by atoms with E-state index in [4.69, 9.17) is 4.74 Å². The lowest BCUT2D eigenvalue weighted by atomic mass is 9.99. The molecule has 1 aliphatic rings. The number of aliphatic hydroxyl groups excluding tert-OH is 1. The number of rotatable bonds is 4. The monoisotopic (exact) mass is 270 g/mol. The fraction of sp³-hybridized carbons (Fsp3) is 0.769. The lowest BCUT2D eigenvalue weighted by molar-refractivity contribution is 0.143. The van der Waals surface area contributed by atoms with Crippen LogP contribution in [0.25, 0.3) is 0 Å². The molecule has 2 rings (SSSR count). The van der Waals surface area contributed by atoms with Gasteiger partial charge in [-0.05, 0) is 32.6 Å². The first-order valence-electron chi connectivity index (χ1n) is 6.51. The molecule has 18 heavy (non-hydrogen) atoms. The molecule has 2 unspecified atom stereocenters. The van der Waals surface area contributed by atoms with Gasteiger partial charge in [0.25, 0.3) is 0 Å². The summed E-state index contributed by atoms with van der Waals surface area (Å²) in [6.45, 7) is 6.67. The summed E-state index contributed by atoms with van der Waals surface area (Å²) in [6, 6.07) is 0. The van der Waals surface area contributed by atoms with Crippen LogP contribution in [0.4, 0.5) is 5.13 Å². The molecule has 0 aliphatic carbocycles. The van der Waals surface area contributed by atoms with Crippen molar-refractivity contribution in [1.82, 2.24) is 4.98 Å². The molecule has 0 spiro atoms. The smallest absolute Gasteiger partial charge is 0.185 e. The molecule has 1 aliphatic heterocycles. The van der Waals surface area contributed by atoms with E-state index in [9.17, 15) is 5.11 Å². The Bertz CT molecular complexity index is 390. The Balaban J connectivity index is 2.08. The summed E-state index contributed by atoms with van der Waals surface area (Å²) in [7, 11) is 1.76. The molecule has 1 aromatic heterocycles. The zero-order valence-corrected chi connectivity index (χ0v) is 12.2. The number of aliphatic hydroxyl groups is 1. The molecule has 0 aromatic carbocycles. The molecular formula is C13H22N2O2S. The van der Waals surface area contributed by atoms with Crippen molar-refractivity contribution in [2.45, 2.75) is 32.8 Å². The quantitative estimate of drug-likeness (QED) is 0.912. The molecule has 2 atom stereocenters. The lowest BCUT2D eigenvalue weighted by Gasteiger charge is -2.32. The highest BCUT2D eigenvalue weighted by Gasteiger charge is 2.23. The highest BCUT2D eigenvalue weighted by atomic mass is 32.1. The number of anilines is 1. The second-order valence-electron chi connectivity index (χ2n) is 5.03. The van der Waals surface area contributed by atoms with E-state index in [2.05, 4.69) is 9.88 Å². The summed E-state index contributed by atoms with van der Waals surface area (Å²) in [6.07, 6.45) is 2.00. The van der Waals surface area contributed by atoms with Crippen molar-refractivity contribution in [2.24, 2.45) is 5.92 Å². The van der Waals surface area contributed by atoms with E-state index in [1.807, 2.05) is 6.92 Å². The number of thiazole rings is 1. The molecular weight excluding hydrogens is 248 g/mol. The molecule has 1 aromatic rings. The molecule has 102 valence electrons. The van der Waals surface area contributed by atoms with Crippen molar-refractivity contribution in [3.05, 3.63) is 10.6 Å². The van der Waals surface area contributed by atoms with Gasteiger partial charge in [0.15, 0.2) is 5.13 Å². The number of aromatic nitrogens is 1. The minimum absolute atomic E-state index is 0.421. The van der Waals surface area contributed by atoms with E-state index in [0.717, 1.165) is 35.4 Å². The van der Waals surface area contributed by atoms with Gasteiger partial charge in [0.05, 0.1) is 23.3 Å². The number of piperidine rings is 1. The third-order valence-electron chi connectivity index (χ3n) is 3.39. The maximum atomic E-state index is 9.68.